The molecule has 0 N–H and O–H groups in total. The second kappa shape index (κ2) is 6.86. The monoisotopic (exact) mass is 346 g/mol. The Bertz CT molecular complexity index is 400. The molecule has 0 saturated heterocycles. The standard InChI is InChI=1S/C12H12Br2O2/c1-2-16-12(15)5-3-4-9-8-10(13)6-7-11(9)14/h3-4,6-8H,2,5H2,1H3. The van der Waals surface area contributed by atoms with Crippen LogP contribution in [0.2, 0.25) is 0 Å². The van der Waals surface area contributed by atoms with Crippen molar-refractivity contribution in [1.29, 1.82) is 0 Å². The fraction of sp³-hybridized carbons (Fsp3) is 0.250. The summed E-state index contributed by atoms with van der Waals surface area (Å²) in [4.78, 5) is 11.1. The zero-order valence-corrected chi connectivity index (χ0v) is 12.0. The van der Waals surface area contributed by atoms with Crippen molar-refractivity contribution in [2.45, 2.75) is 13.3 Å². The fourth-order valence-electron chi connectivity index (χ4n) is 1.14. The van der Waals surface area contributed by atoms with Gasteiger partial charge in [-0.05, 0) is 30.7 Å². The van der Waals surface area contributed by atoms with Crippen LogP contribution in [0.1, 0.15) is 18.9 Å². The van der Waals surface area contributed by atoms with Gasteiger partial charge in [-0.1, -0.05) is 44.0 Å². The minimum atomic E-state index is -0.204. The van der Waals surface area contributed by atoms with Crippen molar-refractivity contribution < 1.29 is 9.53 Å². The van der Waals surface area contributed by atoms with Gasteiger partial charge in [0.2, 0.25) is 0 Å². The van der Waals surface area contributed by atoms with Crippen LogP contribution in [0, 0.1) is 0 Å². The summed E-state index contributed by atoms with van der Waals surface area (Å²) in [5.41, 5.74) is 1.03. The van der Waals surface area contributed by atoms with E-state index < -0.39 is 0 Å². The molecule has 0 spiro atoms. The van der Waals surface area contributed by atoms with Crippen LogP contribution in [0.5, 0.6) is 0 Å². The van der Waals surface area contributed by atoms with Crippen molar-refractivity contribution in [3.63, 3.8) is 0 Å². The highest BCUT2D eigenvalue weighted by atomic mass is 79.9. The molecule has 0 atom stereocenters. The SMILES string of the molecule is CCOC(=O)CC=Cc1cc(Br)ccc1Br. The number of ether oxygens (including phenoxy) is 1. The van der Waals surface area contributed by atoms with Gasteiger partial charge in [0.25, 0.3) is 0 Å². The van der Waals surface area contributed by atoms with E-state index in [-0.39, 0.29) is 5.97 Å². The molecule has 0 aliphatic carbocycles. The molecule has 0 bridgehead atoms. The summed E-state index contributed by atoms with van der Waals surface area (Å²) >= 11 is 6.84. The molecule has 0 unspecified atom stereocenters. The van der Waals surface area contributed by atoms with Gasteiger partial charge in [0, 0.05) is 8.95 Å². The van der Waals surface area contributed by atoms with Crippen LogP contribution in [0.25, 0.3) is 6.08 Å². The van der Waals surface area contributed by atoms with Crippen molar-refractivity contribution in [1.82, 2.24) is 0 Å². The number of benzene rings is 1. The zero-order chi connectivity index (χ0) is 12.0. The predicted molar refractivity (Wildman–Crippen MR) is 72.1 cm³/mol. The molecule has 1 rings (SSSR count). The van der Waals surface area contributed by atoms with Gasteiger partial charge < -0.3 is 4.74 Å². The summed E-state index contributed by atoms with van der Waals surface area (Å²) in [7, 11) is 0. The molecule has 1 aromatic carbocycles. The van der Waals surface area contributed by atoms with E-state index in [4.69, 9.17) is 4.74 Å². The van der Waals surface area contributed by atoms with Crippen molar-refractivity contribution in [3.8, 4) is 0 Å². The number of hydrogen-bond donors (Lipinski definition) is 0. The third kappa shape index (κ3) is 4.49. The summed E-state index contributed by atoms with van der Waals surface area (Å²) < 4.78 is 6.82. The smallest absolute Gasteiger partial charge is 0.309 e. The molecule has 0 saturated carbocycles. The van der Waals surface area contributed by atoms with E-state index in [1.54, 1.807) is 13.0 Å². The first-order valence-electron chi connectivity index (χ1n) is 4.90. The Morgan fingerprint density at radius 1 is 1.44 bits per heavy atom. The van der Waals surface area contributed by atoms with Crippen molar-refractivity contribution >= 4 is 43.9 Å². The lowest BCUT2D eigenvalue weighted by Crippen LogP contribution is -2.01. The fourth-order valence-corrected chi connectivity index (χ4v) is 1.90. The maximum Gasteiger partial charge on any atom is 0.309 e. The minimum Gasteiger partial charge on any atom is -0.466 e. The van der Waals surface area contributed by atoms with Gasteiger partial charge >= 0.3 is 5.97 Å². The number of carbonyl (C=O) groups is 1. The average molecular weight is 348 g/mol. The van der Waals surface area contributed by atoms with Gasteiger partial charge in [-0.2, -0.15) is 0 Å². The molecule has 1 aromatic rings. The number of hydrogen-bond acceptors (Lipinski definition) is 2. The molecular weight excluding hydrogens is 336 g/mol. The van der Waals surface area contributed by atoms with Gasteiger partial charge in [0.05, 0.1) is 13.0 Å². The highest BCUT2D eigenvalue weighted by Crippen LogP contribution is 2.22. The van der Waals surface area contributed by atoms with E-state index >= 15 is 0 Å². The summed E-state index contributed by atoms with van der Waals surface area (Å²) in [5, 5.41) is 0. The van der Waals surface area contributed by atoms with Crippen LogP contribution in [0.15, 0.2) is 33.2 Å². The van der Waals surface area contributed by atoms with Crippen LogP contribution < -0.4 is 0 Å². The van der Waals surface area contributed by atoms with E-state index in [0.717, 1.165) is 14.5 Å². The summed E-state index contributed by atoms with van der Waals surface area (Å²) in [5.74, 6) is -0.204. The lowest BCUT2D eigenvalue weighted by Gasteiger charge is -2.00. The Labute approximate surface area is 112 Å². The highest BCUT2D eigenvalue weighted by Gasteiger charge is 1.99. The molecule has 2 nitrogen and oxygen atoms in total. The molecule has 0 heterocycles. The van der Waals surface area contributed by atoms with Crippen LogP contribution in [0.3, 0.4) is 0 Å². The van der Waals surface area contributed by atoms with E-state index in [2.05, 4.69) is 31.9 Å². The lowest BCUT2D eigenvalue weighted by molar-refractivity contribution is -0.142. The average Bonchev–Trinajstić information content (AvgIpc) is 2.23. The second-order valence-corrected chi connectivity index (χ2v) is 4.85. The third-order valence-corrected chi connectivity index (χ3v) is 3.06. The van der Waals surface area contributed by atoms with Crippen LogP contribution in [-0.2, 0) is 9.53 Å². The minimum absolute atomic E-state index is 0.204. The van der Waals surface area contributed by atoms with Gasteiger partial charge in [0.1, 0.15) is 0 Å². The van der Waals surface area contributed by atoms with Crippen LogP contribution in [-0.4, -0.2) is 12.6 Å². The Morgan fingerprint density at radius 2 is 2.19 bits per heavy atom. The summed E-state index contributed by atoms with van der Waals surface area (Å²) in [6.45, 7) is 2.22. The maximum atomic E-state index is 11.1. The Kier molecular flexibility index (Phi) is 5.77. The Morgan fingerprint density at radius 3 is 2.88 bits per heavy atom. The molecule has 0 amide bonds. The molecule has 4 heteroatoms. The first-order chi connectivity index (χ1) is 7.63. The molecule has 0 aliphatic heterocycles. The molecular formula is C12H12Br2O2. The maximum absolute atomic E-state index is 11.1. The van der Waals surface area contributed by atoms with Crippen molar-refractivity contribution in [3.05, 3.63) is 38.8 Å². The first-order valence-corrected chi connectivity index (χ1v) is 6.49. The molecule has 0 aromatic heterocycles. The van der Waals surface area contributed by atoms with Crippen molar-refractivity contribution in [2.75, 3.05) is 6.61 Å². The van der Waals surface area contributed by atoms with Gasteiger partial charge in [-0.3, -0.25) is 4.79 Å². The zero-order valence-electron chi connectivity index (χ0n) is 8.87. The summed E-state index contributed by atoms with van der Waals surface area (Å²) in [6, 6.07) is 5.88. The van der Waals surface area contributed by atoms with Gasteiger partial charge in [-0.15, -0.1) is 0 Å². The predicted octanol–water partition coefficient (Wildman–Crippen LogP) is 4.18. The topological polar surface area (TPSA) is 26.3 Å². The number of esters is 1. The first kappa shape index (κ1) is 13.5. The molecule has 16 heavy (non-hydrogen) atoms. The van der Waals surface area contributed by atoms with E-state index in [1.807, 2.05) is 24.3 Å². The molecule has 0 aliphatic rings. The number of rotatable bonds is 4. The second-order valence-electron chi connectivity index (χ2n) is 3.08. The third-order valence-electron chi connectivity index (χ3n) is 1.85. The highest BCUT2D eigenvalue weighted by molar-refractivity contribution is 9.11. The van der Waals surface area contributed by atoms with Gasteiger partial charge in [-0.25, -0.2) is 0 Å². The van der Waals surface area contributed by atoms with Gasteiger partial charge in [0.15, 0.2) is 0 Å². The van der Waals surface area contributed by atoms with E-state index in [1.165, 1.54) is 0 Å². The Balaban J connectivity index is 2.62. The van der Waals surface area contributed by atoms with Crippen LogP contribution in [0.4, 0.5) is 0 Å². The quantitative estimate of drug-likeness (QED) is 0.764. The van der Waals surface area contributed by atoms with E-state index in [0.29, 0.717) is 13.0 Å². The normalized spacial score (nSPS) is 10.7. The molecule has 86 valence electrons. The summed E-state index contributed by atoms with van der Waals surface area (Å²) in [6.07, 6.45) is 3.99. The number of halogens is 2. The molecule has 0 fully saturated rings. The largest absolute Gasteiger partial charge is 0.466 e. The van der Waals surface area contributed by atoms with E-state index in [9.17, 15) is 4.79 Å². The molecule has 0 radical (unpaired) electrons. The number of carbonyl (C=O) groups excluding carboxylic acids is 1. The lowest BCUT2D eigenvalue weighted by atomic mass is 10.2. The van der Waals surface area contributed by atoms with Crippen molar-refractivity contribution in [2.24, 2.45) is 0 Å². The van der Waals surface area contributed by atoms with Crippen LogP contribution >= 0.6 is 31.9 Å². The Hall–Kier alpha value is -0.610.